The maximum atomic E-state index is 6.21. The molecular formula is C19H25ClN4S. The molecule has 2 rings (SSSR count). The second-order valence-electron chi connectivity index (χ2n) is 6.08. The number of aromatic nitrogens is 2. The largest absolute Gasteiger partial charge is 0.362 e. The van der Waals surface area contributed by atoms with Gasteiger partial charge in [-0.25, -0.2) is 0 Å². The number of nitrogens with one attached hydrogen (secondary N) is 2. The standard InChI is InChI=1S/C19H25ClN4S/c1-15-12-17(20)18(23-13-15)9-5-3-2-4-6-11-22-19(25)24-16-8-7-10-21-14-16/h7-8,10,12-14H,2-6,9,11H2,1H3,(H2,22,24,25). The lowest BCUT2D eigenvalue weighted by Crippen LogP contribution is -2.29. The van der Waals surface area contributed by atoms with Crippen molar-refractivity contribution >= 4 is 34.6 Å². The van der Waals surface area contributed by atoms with E-state index in [4.69, 9.17) is 23.8 Å². The summed E-state index contributed by atoms with van der Waals surface area (Å²) in [6.07, 6.45) is 12.2. The Labute approximate surface area is 160 Å². The maximum absolute atomic E-state index is 6.21. The molecule has 0 spiro atoms. The van der Waals surface area contributed by atoms with E-state index in [2.05, 4.69) is 20.6 Å². The Hall–Kier alpha value is -1.72. The third kappa shape index (κ3) is 7.80. The summed E-state index contributed by atoms with van der Waals surface area (Å²) >= 11 is 11.5. The summed E-state index contributed by atoms with van der Waals surface area (Å²) in [7, 11) is 0. The third-order valence-electron chi connectivity index (χ3n) is 3.85. The van der Waals surface area contributed by atoms with Crippen LogP contribution in [-0.4, -0.2) is 21.6 Å². The number of pyridine rings is 2. The quantitative estimate of drug-likeness (QED) is 0.480. The maximum Gasteiger partial charge on any atom is 0.170 e. The van der Waals surface area contributed by atoms with Gasteiger partial charge in [0.2, 0.25) is 0 Å². The van der Waals surface area contributed by atoms with Crippen LogP contribution in [0, 0.1) is 6.92 Å². The number of hydrogen-bond acceptors (Lipinski definition) is 3. The molecule has 0 saturated heterocycles. The number of aryl methyl sites for hydroxylation is 2. The van der Waals surface area contributed by atoms with Crippen molar-refractivity contribution in [1.82, 2.24) is 15.3 Å². The molecule has 0 radical (unpaired) electrons. The van der Waals surface area contributed by atoms with E-state index in [-0.39, 0.29) is 0 Å². The van der Waals surface area contributed by atoms with Gasteiger partial charge in [0.1, 0.15) is 0 Å². The normalized spacial score (nSPS) is 10.5. The zero-order valence-corrected chi connectivity index (χ0v) is 16.2. The fourth-order valence-electron chi connectivity index (χ4n) is 2.51. The molecule has 4 nitrogen and oxygen atoms in total. The van der Waals surface area contributed by atoms with Crippen molar-refractivity contribution in [2.24, 2.45) is 0 Å². The summed E-state index contributed by atoms with van der Waals surface area (Å²) in [6.45, 7) is 2.89. The van der Waals surface area contributed by atoms with Gasteiger partial charge in [0.15, 0.2) is 5.11 Å². The van der Waals surface area contributed by atoms with Crippen molar-refractivity contribution in [1.29, 1.82) is 0 Å². The predicted molar refractivity (Wildman–Crippen MR) is 109 cm³/mol. The zero-order chi connectivity index (χ0) is 17.9. The van der Waals surface area contributed by atoms with Gasteiger partial charge < -0.3 is 10.6 Å². The average Bonchev–Trinajstić information content (AvgIpc) is 2.59. The van der Waals surface area contributed by atoms with Crippen molar-refractivity contribution in [2.75, 3.05) is 11.9 Å². The second-order valence-corrected chi connectivity index (χ2v) is 6.90. The van der Waals surface area contributed by atoms with Gasteiger partial charge in [-0.1, -0.05) is 30.9 Å². The number of rotatable bonds is 9. The van der Waals surface area contributed by atoms with Gasteiger partial charge >= 0.3 is 0 Å². The third-order valence-corrected chi connectivity index (χ3v) is 4.42. The Morgan fingerprint density at radius 1 is 1.16 bits per heavy atom. The van der Waals surface area contributed by atoms with Crippen LogP contribution in [0.2, 0.25) is 5.02 Å². The van der Waals surface area contributed by atoms with E-state index in [1.54, 1.807) is 12.4 Å². The minimum absolute atomic E-state index is 0.646. The van der Waals surface area contributed by atoms with Crippen LogP contribution in [0.3, 0.4) is 0 Å². The molecule has 0 bridgehead atoms. The van der Waals surface area contributed by atoms with Gasteiger partial charge in [0, 0.05) is 18.9 Å². The highest BCUT2D eigenvalue weighted by Crippen LogP contribution is 2.17. The van der Waals surface area contributed by atoms with Crippen molar-refractivity contribution < 1.29 is 0 Å². The first-order valence-electron chi connectivity index (χ1n) is 8.71. The first kappa shape index (κ1) is 19.6. The lowest BCUT2D eigenvalue weighted by Gasteiger charge is -2.10. The van der Waals surface area contributed by atoms with Crippen LogP contribution < -0.4 is 10.6 Å². The average molecular weight is 377 g/mol. The van der Waals surface area contributed by atoms with Gasteiger partial charge in [-0.2, -0.15) is 0 Å². The molecule has 0 saturated carbocycles. The smallest absolute Gasteiger partial charge is 0.170 e. The number of nitrogens with zero attached hydrogens (tertiary/aromatic N) is 2. The summed E-state index contributed by atoms with van der Waals surface area (Å²) in [5.41, 5.74) is 3.03. The monoisotopic (exact) mass is 376 g/mol. The van der Waals surface area contributed by atoms with E-state index in [9.17, 15) is 0 Å². The minimum atomic E-state index is 0.646. The van der Waals surface area contributed by atoms with Gasteiger partial charge in [0.25, 0.3) is 0 Å². The first-order valence-corrected chi connectivity index (χ1v) is 9.49. The van der Waals surface area contributed by atoms with Crippen LogP contribution in [0.1, 0.15) is 43.4 Å². The summed E-state index contributed by atoms with van der Waals surface area (Å²) in [4.78, 5) is 8.46. The highest BCUT2D eigenvalue weighted by molar-refractivity contribution is 7.80. The van der Waals surface area contributed by atoms with E-state index in [0.717, 1.165) is 47.8 Å². The Balaban J connectivity index is 1.49. The molecule has 2 N–H and O–H groups in total. The molecule has 0 amide bonds. The lowest BCUT2D eigenvalue weighted by molar-refractivity contribution is 0.605. The van der Waals surface area contributed by atoms with E-state index < -0.39 is 0 Å². The molecule has 0 atom stereocenters. The molecule has 0 aliphatic heterocycles. The molecule has 0 aromatic carbocycles. The summed E-state index contributed by atoms with van der Waals surface area (Å²) < 4.78 is 0. The molecule has 0 unspecified atom stereocenters. The van der Waals surface area contributed by atoms with Crippen LogP contribution in [0.4, 0.5) is 5.69 Å². The molecule has 2 aromatic rings. The van der Waals surface area contributed by atoms with E-state index >= 15 is 0 Å². The van der Waals surface area contributed by atoms with Crippen LogP contribution in [0.15, 0.2) is 36.8 Å². The summed E-state index contributed by atoms with van der Waals surface area (Å²) in [5, 5.41) is 7.78. The van der Waals surface area contributed by atoms with Crippen molar-refractivity contribution in [3.8, 4) is 0 Å². The molecule has 2 heterocycles. The Morgan fingerprint density at radius 2 is 1.96 bits per heavy atom. The van der Waals surface area contributed by atoms with Gasteiger partial charge in [-0.3, -0.25) is 9.97 Å². The highest BCUT2D eigenvalue weighted by Gasteiger charge is 2.02. The van der Waals surface area contributed by atoms with Gasteiger partial charge in [-0.15, -0.1) is 0 Å². The number of unbranched alkanes of at least 4 members (excludes halogenated alkanes) is 4. The number of hydrogen-bond donors (Lipinski definition) is 2. The number of anilines is 1. The molecule has 0 fully saturated rings. The van der Waals surface area contributed by atoms with E-state index in [1.807, 2.05) is 31.3 Å². The molecule has 0 aliphatic carbocycles. The minimum Gasteiger partial charge on any atom is -0.362 e. The molecule has 25 heavy (non-hydrogen) atoms. The zero-order valence-electron chi connectivity index (χ0n) is 14.6. The van der Waals surface area contributed by atoms with E-state index in [1.165, 1.54) is 19.3 Å². The van der Waals surface area contributed by atoms with Crippen LogP contribution >= 0.6 is 23.8 Å². The number of thiocarbonyl (C=S) groups is 1. The molecule has 134 valence electrons. The second kappa shape index (κ2) is 11.0. The summed E-state index contributed by atoms with van der Waals surface area (Å²) in [6, 6.07) is 5.80. The van der Waals surface area contributed by atoms with Crippen molar-refractivity contribution in [3.05, 3.63) is 53.1 Å². The van der Waals surface area contributed by atoms with Crippen molar-refractivity contribution in [3.63, 3.8) is 0 Å². The van der Waals surface area contributed by atoms with Gasteiger partial charge in [-0.05, 0) is 62.2 Å². The molecule has 2 aromatic heterocycles. The molecular weight excluding hydrogens is 352 g/mol. The molecule has 0 aliphatic rings. The van der Waals surface area contributed by atoms with Crippen LogP contribution in [-0.2, 0) is 6.42 Å². The fourth-order valence-corrected chi connectivity index (χ4v) is 3.04. The SMILES string of the molecule is Cc1cnc(CCCCCCCNC(=S)Nc2cccnc2)c(Cl)c1. The first-order chi connectivity index (χ1) is 12.1. The molecule has 6 heteroatoms. The topological polar surface area (TPSA) is 49.8 Å². The predicted octanol–water partition coefficient (Wildman–Crippen LogP) is 4.92. The Kier molecular flexibility index (Phi) is 8.63. The van der Waals surface area contributed by atoms with Crippen LogP contribution in [0.25, 0.3) is 0 Å². The van der Waals surface area contributed by atoms with Gasteiger partial charge in [0.05, 0.1) is 22.6 Å². The lowest BCUT2D eigenvalue weighted by atomic mass is 10.1. The summed E-state index contributed by atoms with van der Waals surface area (Å²) in [5.74, 6) is 0. The van der Waals surface area contributed by atoms with E-state index in [0.29, 0.717) is 5.11 Å². The number of halogens is 1. The van der Waals surface area contributed by atoms with Crippen molar-refractivity contribution in [2.45, 2.75) is 45.4 Å². The Bertz CT molecular complexity index is 664. The fraction of sp³-hybridized carbons (Fsp3) is 0.421. The Morgan fingerprint density at radius 3 is 2.72 bits per heavy atom. The van der Waals surface area contributed by atoms with Crippen LogP contribution in [0.5, 0.6) is 0 Å². The highest BCUT2D eigenvalue weighted by atomic mass is 35.5.